The predicted molar refractivity (Wildman–Crippen MR) is 67.3 cm³/mol. The summed E-state index contributed by atoms with van der Waals surface area (Å²) in [6, 6.07) is 0. The maximum atomic E-state index is 5.45. The minimum Gasteiger partial charge on any atom is -0.347 e. The second-order valence-electron chi connectivity index (χ2n) is 5.07. The number of H-pyrrole nitrogens is 1. The highest BCUT2D eigenvalue weighted by Crippen LogP contribution is 2.35. The number of fused-ring (bicyclic) bond motifs is 1. The predicted octanol–water partition coefficient (Wildman–Crippen LogP) is 3.68. The first-order valence-electron chi connectivity index (χ1n) is 6.46. The summed E-state index contributed by atoms with van der Waals surface area (Å²) in [7, 11) is 0. The van der Waals surface area contributed by atoms with E-state index >= 15 is 0 Å². The van der Waals surface area contributed by atoms with E-state index in [-0.39, 0.29) is 0 Å². The highest BCUT2D eigenvalue weighted by atomic mass is 32.1. The Labute approximate surface area is 102 Å². The van der Waals surface area contributed by atoms with Crippen molar-refractivity contribution in [2.24, 2.45) is 0 Å². The van der Waals surface area contributed by atoms with Gasteiger partial charge in [0.25, 0.3) is 0 Å². The third-order valence-corrected chi connectivity index (χ3v) is 4.31. The van der Waals surface area contributed by atoms with Crippen LogP contribution in [0.3, 0.4) is 0 Å². The molecule has 86 valence electrons. The molecule has 0 amide bonds. The zero-order chi connectivity index (χ0) is 11.0. The van der Waals surface area contributed by atoms with Crippen molar-refractivity contribution >= 4 is 12.2 Å². The molecule has 0 atom stereocenters. The Kier molecular flexibility index (Phi) is 2.80. The van der Waals surface area contributed by atoms with Gasteiger partial charge in [0.2, 0.25) is 0 Å². The number of nitrogens with one attached hydrogen (secondary N) is 1. The minimum atomic E-state index is 0.662. The average molecular weight is 234 g/mol. The topological polar surface area (TPSA) is 28.7 Å². The van der Waals surface area contributed by atoms with Crippen molar-refractivity contribution in [2.45, 2.75) is 57.3 Å². The summed E-state index contributed by atoms with van der Waals surface area (Å²) >= 11 is 5.45. The summed E-state index contributed by atoms with van der Waals surface area (Å²) in [6.07, 6.45) is 10.1. The summed E-state index contributed by atoms with van der Waals surface area (Å²) in [5, 5.41) is 0. The van der Waals surface area contributed by atoms with E-state index in [1.807, 2.05) is 0 Å². The molecule has 0 aliphatic heterocycles. The number of rotatable bonds is 1. The van der Waals surface area contributed by atoms with E-state index in [0.717, 1.165) is 16.9 Å². The highest BCUT2D eigenvalue weighted by Gasteiger charge is 2.23. The van der Waals surface area contributed by atoms with Crippen LogP contribution in [0.2, 0.25) is 0 Å². The molecular formula is C13H18N2S. The summed E-state index contributed by atoms with van der Waals surface area (Å²) in [5.74, 6) is 1.83. The van der Waals surface area contributed by atoms with Crippen molar-refractivity contribution in [3.63, 3.8) is 0 Å². The van der Waals surface area contributed by atoms with Crippen LogP contribution in [-0.2, 0) is 12.8 Å². The van der Waals surface area contributed by atoms with Crippen LogP contribution in [-0.4, -0.2) is 9.97 Å². The van der Waals surface area contributed by atoms with Gasteiger partial charge in [0.05, 0.1) is 0 Å². The lowest BCUT2D eigenvalue weighted by Crippen LogP contribution is -2.15. The molecule has 0 saturated heterocycles. The fourth-order valence-electron chi connectivity index (χ4n) is 2.69. The summed E-state index contributed by atoms with van der Waals surface area (Å²) in [4.78, 5) is 8.18. The van der Waals surface area contributed by atoms with Crippen LogP contribution in [0.25, 0.3) is 0 Å². The largest absolute Gasteiger partial charge is 0.347 e. The number of aryl methyl sites for hydroxylation is 1. The highest BCUT2D eigenvalue weighted by molar-refractivity contribution is 7.71. The maximum Gasteiger partial charge on any atom is 0.133 e. The molecule has 1 N–H and O–H groups in total. The number of hydrogen-bond donors (Lipinski definition) is 1. The van der Waals surface area contributed by atoms with E-state index < -0.39 is 0 Å². The Morgan fingerprint density at radius 1 is 1.06 bits per heavy atom. The molecule has 1 aromatic rings. The maximum absolute atomic E-state index is 5.45. The van der Waals surface area contributed by atoms with Crippen molar-refractivity contribution in [2.75, 3.05) is 0 Å². The lowest BCUT2D eigenvalue weighted by molar-refractivity contribution is 0.399. The number of aromatic nitrogens is 2. The molecule has 0 unspecified atom stereocenters. The van der Waals surface area contributed by atoms with Gasteiger partial charge in [-0.15, -0.1) is 0 Å². The fourth-order valence-corrected chi connectivity index (χ4v) is 3.01. The molecule has 2 aliphatic rings. The molecule has 3 heteroatoms. The Morgan fingerprint density at radius 3 is 2.62 bits per heavy atom. The lowest BCUT2D eigenvalue weighted by Gasteiger charge is -2.25. The molecule has 2 aliphatic carbocycles. The molecule has 0 aromatic carbocycles. The van der Waals surface area contributed by atoms with Crippen molar-refractivity contribution in [1.29, 1.82) is 0 Å². The smallest absolute Gasteiger partial charge is 0.133 e. The number of aromatic amines is 1. The second-order valence-corrected chi connectivity index (χ2v) is 5.46. The van der Waals surface area contributed by atoms with Crippen molar-refractivity contribution in [3.8, 4) is 0 Å². The molecule has 2 nitrogen and oxygen atoms in total. The van der Waals surface area contributed by atoms with Crippen LogP contribution in [0.5, 0.6) is 0 Å². The second kappa shape index (κ2) is 4.28. The van der Waals surface area contributed by atoms with Crippen LogP contribution in [0.1, 0.15) is 61.5 Å². The summed E-state index contributed by atoms with van der Waals surface area (Å²) in [6.45, 7) is 0. The van der Waals surface area contributed by atoms with Crippen LogP contribution in [0.4, 0.5) is 0 Å². The van der Waals surface area contributed by atoms with Crippen molar-refractivity contribution in [1.82, 2.24) is 9.97 Å². The molecule has 16 heavy (non-hydrogen) atoms. The molecule has 1 fully saturated rings. The fraction of sp³-hybridized carbons (Fsp3) is 0.692. The van der Waals surface area contributed by atoms with Gasteiger partial charge in [-0.3, -0.25) is 0 Å². The summed E-state index contributed by atoms with van der Waals surface area (Å²) in [5.41, 5.74) is 2.72. The van der Waals surface area contributed by atoms with Gasteiger partial charge in [0, 0.05) is 17.2 Å². The van der Waals surface area contributed by atoms with E-state index in [4.69, 9.17) is 12.2 Å². The van der Waals surface area contributed by atoms with Crippen molar-refractivity contribution < 1.29 is 0 Å². The van der Waals surface area contributed by atoms with Gasteiger partial charge in [-0.25, -0.2) is 4.98 Å². The van der Waals surface area contributed by atoms with E-state index in [0.29, 0.717) is 5.92 Å². The molecular weight excluding hydrogens is 216 g/mol. The Bertz CT molecular complexity index is 446. The number of nitrogens with zero attached hydrogens (tertiary/aromatic N) is 1. The van der Waals surface area contributed by atoms with Crippen LogP contribution in [0, 0.1) is 4.64 Å². The van der Waals surface area contributed by atoms with Gasteiger partial charge in [-0.1, -0.05) is 25.1 Å². The quantitative estimate of drug-likeness (QED) is 0.593. The number of hydrogen-bond acceptors (Lipinski definition) is 2. The Hall–Kier alpha value is -0.700. The molecule has 1 saturated carbocycles. The van der Waals surface area contributed by atoms with Gasteiger partial charge in [-0.2, -0.15) is 0 Å². The molecule has 1 aromatic heterocycles. The van der Waals surface area contributed by atoms with Crippen LogP contribution >= 0.6 is 12.2 Å². The van der Waals surface area contributed by atoms with Gasteiger partial charge >= 0.3 is 0 Å². The van der Waals surface area contributed by atoms with Gasteiger partial charge < -0.3 is 4.98 Å². The molecule has 0 radical (unpaired) electrons. The molecule has 0 bridgehead atoms. The van der Waals surface area contributed by atoms with E-state index in [1.165, 1.54) is 56.2 Å². The third-order valence-electron chi connectivity index (χ3n) is 3.97. The average Bonchev–Trinajstić information content (AvgIpc) is 2.40. The monoisotopic (exact) mass is 234 g/mol. The van der Waals surface area contributed by atoms with E-state index in [2.05, 4.69) is 9.97 Å². The first-order valence-corrected chi connectivity index (χ1v) is 6.87. The molecule has 1 heterocycles. The van der Waals surface area contributed by atoms with Gasteiger partial charge in [-0.05, 0) is 38.5 Å². The van der Waals surface area contributed by atoms with Gasteiger partial charge in [0.1, 0.15) is 10.5 Å². The lowest BCUT2D eigenvalue weighted by atomic mass is 9.84. The van der Waals surface area contributed by atoms with E-state index in [9.17, 15) is 0 Å². The standard InChI is InChI=1S/C13H18N2S/c16-13-10-7-2-1-3-8-11(10)14-12(15-13)9-5-4-6-9/h9H,1-8H2,(H,14,15,16). The zero-order valence-electron chi connectivity index (χ0n) is 9.59. The zero-order valence-corrected chi connectivity index (χ0v) is 10.4. The van der Waals surface area contributed by atoms with Crippen LogP contribution in [0.15, 0.2) is 0 Å². The minimum absolute atomic E-state index is 0.662. The van der Waals surface area contributed by atoms with E-state index in [1.54, 1.807) is 0 Å². The van der Waals surface area contributed by atoms with Crippen molar-refractivity contribution in [3.05, 3.63) is 21.7 Å². The van der Waals surface area contributed by atoms with Crippen LogP contribution < -0.4 is 0 Å². The first kappa shape index (κ1) is 10.5. The first-order chi connectivity index (χ1) is 7.84. The molecule has 3 rings (SSSR count). The molecule has 0 spiro atoms. The summed E-state index contributed by atoms with van der Waals surface area (Å²) < 4.78 is 0.873. The Balaban J connectivity index is 2.01. The SMILES string of the molecule is S=c1nc(C2CCC2)[nH]c2c1CCCCC2. The normalized spacial score (nSPS) is 21.0. The van der Waals surface area contributed by atoms with Gasteiger partial charge in [0.15, 0.2) is 0 Å². The Morgan fingerprint density at radius 2 is 1.88 bits per heavy atom. The third kappa shape index (κ3) is 1.81.